The molecule has 2 nitrogen and oxygen atoms in total. The first kappa shape index (κ1) is 31.6. The summed E-state index contributed by atoms with van der Waals surface area (Å²) in [5.41, 5.74) is 15.6. The quantitative estimate of drug-likeness (QED) is 0.163. The zero-order chi connectivity index (χ0) is 35.8. The first-order valence-electron chi connectivity index (χ1n) is 18.4. The van der Waals surface area contributed by atoms with Crippen LogP contribution in [0.4, 0.5) is 0 Å². The van der Waals surface area contributed by atoms with E-state index in [2.05, 4.69) is 200 Å². The summed E-state index contributed by atoms with van der Waals surface area (Å²) in [6.45, 7) is 0. The van der Waals surface area contributed by atoms with E-state index in [1.54, 1.807) is 0 Å². The maximum Gasteiger partial charge on any atom is 0.0794 e. The Hall–Kier alpha value is -7.16. The number of fused-ring (bicyclic) bond motifs is 4. The van der Waals surface area contributed by atoms with Crippen LogP contribution < -0.4 is 0 Å². The molecule has 0 aliphatic carbocycles. The van der Waals surface area contributed by atoms with Crippen LogP contribution in [-0.4, -0.2) is 9.97 Å². The second-order valence-electron chi connectivity index (χ2n) is 13.8. The van der Waals surface area contributed by atoms with Gasteiger partial charge in [0.2, 0.25) is 0 Å². The molecule has 0 bridgehead atoms. The molecule has 8 aromatic carbocycles. The van der Waals surface area contributed by atoms with Crippen molar-refractivity contribution < 1.29 is 0 Å². The van der Waals surface area contributed by atoms with Crippen molar-refractivity contribution in [3.63, 3.8) is 0 Å². The highest BCUT2D eigenvalue weighted by molar-refractivity contribution is 6.16. The molecule has 2 heteroatoms. The molecule has 0 N–H and O–H groups in total. The van der Waals surface area contributed by atoms with Crippen LogP contribution in [0, 0.1) is 0 Å². The van der Waals surface area contributed by atoms with E-state index in [1.165, 1.54) is 33.2 Å². The Balaban J connectivity index is 1.14. The molecule has 0 aliphatic heterocycles. The van der Waals surface area contributed by atoms with Crippen LogP contribution >= 0.6 is 0 Å². The highest BCUT2D eigenvalue weighted by Crippen LogP contribution is 2.41. The first-order valence-corrected chi connectivity index (χ1v) is 18.4. The van der Waals surface area contributed by atoms with Crippen LogP contribution in [0.25, 0.3) is 99.6 Å². The molecule has 10 aromatic rings. The topological polar surface area (TPSA) is 25.8 Å². The third-order valence-electron chi connectivity index (χ3n) is 10.5. The Kier molecular flexibility index (Phi) is 7.85. The van der Waals surface area contributed by atoms with Gasteiger partial charge in [0.15, 0.2) is 0 Å². The van der Waals surface area contributed by atoms with E-state index in [4.69, 9.17) is 9.97 Å². The summed E-state index contributed by atoms with van der Waals surface area (Å²) in [5.74, 6) is 0. The van der Waals surface area contributed by atoms with Crippen molar-refractivity contribution in [3.05, 3.63) is 206 Å². The van der Waals surface area contributed by atoms with Crippen molar-refractivity contribution in [1.29, 1.82) is 0 Å². The largest absolute Gasteiger partial charge is 0.248 e. The summed E-state index contributed by atoms with van der Waals surface area (Å²) >= 11 is 0. The third-order valence-corrected chi connectivity index (χ3v) is 10.5. The summed E-state index contributed by atoms with van der Waals surface area (Å²) in [7, 11) is 0. The fourth-order valence-corrected chi connectivity index (χ4v) is 7.66. The third kappa shape index (κ3) is 5.81. The van der Waals surface area contributed by atoms with Crippen LogP contribution in [0.15, 0.2) is 206 Å². The minimum absolute atomic E-state index is 0.953. The lowest BCUT2D eigenvalue weighted by Gasteiger charge is -2.16. The minimum atomic E-state index is 0.953. The van der Waals surface area contributed by atoms with E-state index in [1.807, 2.05) is 6.07 Å². The molecule has 0 atom stereocenters. The van der Waals surface area contributed by atoms with Crippen molar-refractivity contribution in [3.8, 4) is 67.0 Å². The molecule has 0 saturated heterocycles. The summed E-state index contributed by atoms with van der Waals surface area (Å²) in [5, 5.41) is 4.58. The van der Waals surface area contributed by atoms with E-state index in [0.29, 0.717) is 0 Å². The van der Waals surface area contributed by atoms with Crippen molar-refractivity contribution in [2.24, 2.45) is 0 Å². The molecular weight excluding hydrogens is 653 g/mol. The van der Waals surface area contributed by atoms with Crippen molar-refractivity contribution in [2.45, 2.75) is 0 Å². The highest BCUT2D eigenvalue weighted by atomic mass is 14.7. The van der Waals surface area contributed by atoms with Gasteiger partial charge < -0.3 is 0 Å². The maximum absolute atomic E-state index is 5.43. The lowest BCUT2D eigenvalue weighted by molar-refractivity contribution is 1.40. The molecule has 10 rings (SSSR count). The average Bonchev–Trinajstić information content (AvgIpc) is 3.26. The van der Waals surface area contributed by atoms with Crippen molar-refractivity contribution in [1.82, 2.24) is 9.97 Å². The number of aromatic nitrogens is 2. The van der Waals surface area contributed by atoms with Gasteiger partial charge in [0, 0.05) is 27.3 Å². The van der Waals surface area contributed by atoms with E-state index in [9.17, 15) is 0 Å². The molecule has 0 unspecified atom stereocenters. The van der Waals surface area contributed by atoms with E-state index < -0.39 is 0 Å². The Morgan fingerprint density at radius 1 is 0.259 bits per heavy atom. The molecule has 0 amide bonds. The Morgan fingerprint density at radius 3 is 1.35 bits per heavy atom. The van der Waals surface area contributed by atoms with Gasteiger partial charge in [-0.15, -0.1) is 0 Å². The zero-order valence-electron chi connectivity index (χ0n) is 29.5. The fraction of sp³-hybridized carbons (Fsp3) is 0. The number of hydrogen-bond acceptors (Lipinski definition) is 2. The zero-order valence-corrected chi connectivity index (χ0v) is 29.5. The predicted octanol–water partition coefficient (Wildman–Crippen LogP) is 13.9. The van der Waals surface area contributed by atoms with Crippen molar-refractivity contribution in [2.75, 3.05) is 0 Å². The number of benzene rings is 8. The van der Waals surface area contributed by atoms with Gasteiger partial charge in [0.25, 0.3) is 0 Å². The Bertz CT molecular complexity index is 2930. The van der Waals surface area contributed by atoms with E-state index >= 15 is 0 Å². The molecule has 0 radical (unpaired) electrons. The van der Waals surface area contributed by atoms with Gasteiger partial charge in [0.05, 0.1) is 22.4 Å². The van der Waals surface area contributed by atoms with Gasteiger partial charge in [-0.3, -0.25) is 0 Å². The summed E-state index contributed by atoms with van der Waals surface area (Å²) < 4.78 is 0. The molecule has 2 aromatic heterocycles. The molecule has 0 saturated carbocycles. The number of nitrogens with zero attached hydrogens (tertiary/aromatic N) is 2. The second kappa shape index (κ2) is 13.4. The van der Waals surface area contributed by atoms with Gasteiger partial charge in [0.1, 0.15) is 0 Å². The normalized spacial score (nSPS) is 11.3. The fourth-order valence-electron chi connectivity index (χ4n) is 7.66. The number of pyridine rings is 2. The number of hydrogen-bond donors (Lipinski definition) is 0. The number of rotatable bonds is 6. The van der Waals surface area contributed by atoms with Gasteiger partial charge in [-0.25, -0.2) is 9.97 Å². The summed E-state index contributed by atoms with van der Waals surface area (Å²) in [6, 6.07) is 73.5. The van der Waals surface area contributed by atoms with Gasteiger partial charge in [-0.2, -0.15) is 0 Å². The first-order chi connectivity index (χ1) is 26.7. The highest BCUT2D eigenvalue weighted by Gasteiger charge is 2.17. The Labute approximate surface area is 314 Å². The average molecular weight is 687 g/mol. The van der Waals surface area contributed by atoms with Crippen LogP contribution in [0.3, 0.4) is 0 Å². The number of para-hydroxylation sites is 1. The molecule has 0 aliphatic rings. The lowest BCUT2D eigenvalue weighted by atomic mass is 9.90. The molecule has 0 spiro atoms. The molecular formula is C52H34N2. The Morgan fingerprint density at radius 2 is 0.722 bits per heavy atom. The monoisotopic (exact) mass is 686 g/mol. The summed E-state index contributed by atoms with van der Waals surface area (Å²) in [4.78, 5) is 10.4. The molecule has 0 fully saturated rings. The van der Waals surface area contributed by atoms with Crippen LogP contribution in [0.2, 0.25) is 0 Å². The van der Waals surface area contributed by atoms with E-state index in [0.717, 1.165) is 66.4 Å². The van der Waals surface area contributed by atoms with Gasteiger partial charge in [-0.05, 0) is 74.2 Å². The van der Waals surface area contributed by atoms with Crippen LogP contribution in [0.1, 0.15) is 0 Å². The van der Waals surface area contributed by atoms with Gasteiger partial charge in [-0.1, -0.05) is 182 Å². The predicted molar refractivity (Wildman–Crippen MR) is 227 cm³/mol. The molecule has 54 heavy (non-hydrogen) atoms. The summed E-state index contributed by atoms with van der Waals surface area (Å²) in [6.07, 6.45) is 0. The molecule has 252 valence electrons. The standard InChI is InChI=1S/C52H34N2/c1-3-11-35(12-4-1)37-19-23-40(24-20-37)47-34-51(43-27-21-38(22-28-43)36-13-5-2-6-14-36)54-52-45-17-9-8-16-44(45)46(33-48(47)52)39-25-29-42(30-26-39)50-32-31-41-15-7-10-18-49(41)53-50/h1-34H. The maximum atomic E-state index is 5.43. The van der Waals surface area contributed by atoms with Crippen LogP contribution in [0.5, 0.6) is 0 Å². The minimum Gasteiger partial charge on any atom is -0.248 e. The van der Waals surface area contributed by atoms with Crippen molar-refractivity contribution >= 4 is 32.6 Å². The van der Waals surface area contributed by atoms with E-state index in [-0.39, 0.29) is 0 Å². The van der Waals surface area contributed by atoms with Gasteiger partial charge >= 0.3 is 0 Å². The van der Waals surface area contributed by atoms with Crippen LogP contribution in [-0.2, 0) is 0 Å². The lowest BCUT2D eigenvalue weighted by Crippen LogP contribution is -1.94. The molecule has 2 heterocycles. The second-order valence-corrected chi connectivity index (χ2v) is 13.8. The smallest absolute Gasteiger partial charge is 0.0794 e. The SMILES string of the molecule is c1ccc(-c2ccc(-c3cc(-c4ccc(-c5ccccc5)cc4)c4cc(-c5ccc(-c6ccc7ccccc7n6)cc5)c5ccccc5c4n3)cc2)cc1.